The van der Waals surface area contributed by atoms with Gasteiger partial charge in [-0.05, 0) is 38.4 Å². The maximum Gasteiger partial charge on any atom is 0.161 e. The summed E-state index contributed by atoms with van der Waals surface area (Å²) in [6.07, 6.45) is 2.85. The number of aryl methyl sites for hydroxylation is 1. The summed E-state index contributed by atoms with van der Waals surface area (Å²) in [5, 5.41) is 7.85. The van der Waals surface area contributed by atoms with E-state index in [1.807, 2.05) is 11.7 Å². The first-order valence-electron chi connectivity index (χ1n) is 7.49. The average molecular weight is 287 g/mol. The molecule has 1 N–H and O–H groups in total. The number of hydrogen-bond acceptors (Lipinski definition) is 3. The van der Waals surface area contributed by atoms with Gasteiger partial charge in [-0.2, -0.15) is 5.10 Å². The molecule has 0 amide bonds. The zero-order valence-corrected chi connectivity index (χ0v) is 13.6. The van der Waals surface area contributed by atoms with Crippen molar-refractivity contribution in [2.75, 3.05) is 14.2 Å². The van der Waals surface area contributed by atoms with Gasteiger partial charge in [-0.15, -0.1) is 0 Å². The molecule has 1 aromatic carbocycles. The van der Waals surface area contributed by atoms with Gasteiger partial charge >= 0.3 is 0 Å². The molecule has 0 saturated carbocycles. The number of rotatable bonds is 6. The second kappa shape index (κ2) is 6.76. The van der Waals surface area contributed by atoms with E-state index in [1.54, 1.807) is 13.3 Å². The summed E-state index contributed by atoms with van der Waals surface area (Å²) in [6.45, 7) is 6.42. The Kier molecular flexibility index (Phi) is 5.02. The van der Waals surface area contributed by atoms with Crippen LogP contribution >= 0.6 is 0 Å². The van der Waals surface area contributed by atoms with Crippen molar-refractivity contribution in [3.63, 3.8) is 0 Å². The maximum absolute atomic E-state index is 5.50. The molecule has 0 radical (unpaired) electrons. The van der Waals surface area contributed by atoms with Gasteiger partial charge in [-0.1, -0.05) is 31.2 Å². The van der Waals surface area contributed by atoms with Gasteiger partial charge < -0.3 is 10.1 Å². The lowest BCUT2D eigenvalue weighted by molar-refractivity contribution is 0.396. The highest BCUT2D eigenvalue weighted by Crippen LogP contribution is 2.31. The third kappa shape index (κ3) is 3.10. The summed E-state index contributed by atoms with van der Waals surface area (Å²) >= 11 is 0. The molecule has 21 heavy (non-hydrogen) atoms. The van der Waals surface area contributed by atoms with E-state index in [1.165, 1.54) is 11.1 Å². The molecule has 0 aliphatic carbocycles. The predicted molar refractivity (Wildman–Crippen MR) is 85.9 cm³/mol. The second-order valence-corrected chi connectivity index (χ2v) is 5.45. The number of nitrogens with one attached hydrogen (secondary N) is 1. The van der Waals surface area contributed by atoms with E-state index < -0.39 is 0 Å². The van der Waals surface area contributed by atoms with Crippen LogP contribution in [0.25, 0.3) is 0 Å². The Morgan fingerprint density at radius 3 is 2.38 bits per heavy atom. The molecule has 0 spiro atoms. The Bertz CT molecular complexity index is 572. The summed E-state index contributed by atoms with van der Waals surface area (Å²) in [5.74, 6) is 0.822. The second-order valence-electron chi connectivity index (χ2n) is 5.45. The van der Waals surface area contributed by atoms with Crippen LogP contribution in [0.5, 0.6) is 5.75 Å². The summed E-state index contributed by atoms with van der Waals surface area (Å²) in [5.41, 5.74) is 3.63. The molecule has 1 unspecified atom stereocenters. The van der Waals surface area contributed by atoms with Crippen molar-refractivity contribution in [3.05, 3.63) is 47.3 Å². The Morgan fingerprint density at radius 2 is 1.90 bits per heavy atom. The zero-order chi connectivity index (χ0) is 15.4. The number of hydrogen-bond donors (Lipinski definition) is 1. The molecule has 114 valence electrons. The van der Waals surface area contributed by atoms with Crippen molar-refractivity contribution in [3.8, 4) is 5.75 Å². The van der Waals surface area contributed by atoms with E-state index in [2.05, 4.69) is 55.5 Å². The lowest BCUT2D eigenvalue weighted by Crippen LogP contribution is -2.23. The standard InChI is InChI=1S/C17H25N3O/c1-6-13-7-9-14(10-8-13)16(18-4)17-15(21-5)11-19-20(17)12(2)3/h7-12,16,18H,6H2,1-5H3. The number of benzene rings is 1. The summed E-state index contributed by atoms with van der Waals surface area (Å²) in [4.78, 5) is 0. The third-order valence-electron chi connectivity index (χ3n) is 3.79. The molecule has 2 aromatic rings. The first-order valence-corrected chi connectivity index (χ1v) is 7.49. The van der Waals surface area contributed by atoms with Gasteiger partial charge in [-0.3, -0.25) is 4.68 Å². The third-order valence-corrected chi connectivity index (χ3v) is 3.79. The Balaban J connectivity index is 2.47. The molecule has 0 bridgehead atoms. The molecule has 4 heteroatoms. The van der Waals surface area contributed by atoms with Crippen LogP contribution in [0, 0.1) is 0 Å². The van der Waals surface area contributed by atoms with Gasteiger partial charge in [0.25, 0.3) is 0 Å². The van der Waals surface area contributed by atoms with Crippen LogP contribution in [0.1, 0.15) is 49.7 Å². The van der Waals surface area contributed by atoms with E-state index in [-0.39, 0.29) is 12.1 Å². The smallest absolute Gasteiger partial charge is 0.161 e. The van der Waals surface area contributed by atoms with Crippen LogP contribution in [-0.2, 0) is 6.42 Å². The fraction of sp³-hybridized carbons (Fsp3) is 0.471. The summed E-state index contributed by atoms with van der Waals surface area (Å²) in [7, 11) is 3.66. The molecule has 0 aliphatic rings. The minimum atomic E-state index is 0.0655. The molecule has 1 aromatic heterocycles. The van der Waals surface area contributed by atoms with Crippen LogP contribution in [0.2, 0.25) is 0 Å². The number of nitrogens with zero attached hydrogens (tertiary/aromatic N) is 2. The van der Waals surface area contributed by atoms with E-state index >= 15 is 0 Å². The predicted octanol–water partition coefficient (Wildman–Crippen LogP) is 3.34. The van der Waals surface area contributed by atoms with Crippen molar-refractivity contribution in [1.82, 2.24) is 15.1 Å². The molecule has 2 rings (SSSR count). The van der Waals surface area contributed by atoms with E-state index in [0.717, 1.165) is 17.9 Å². The molecule has 0 saturated heterocycles. The van der Waals surface area contributed by atoms with Crippen molar-refractivity contribution in [2.24, 2.45) is 0 Å². The normalized spacial score (nSPS) is 12.7. The quantitative estimate of drug-likeness (QED) is 0.885. The van der Waals surface area contributed by atoms with E-state index in [4.69, 9.17) is 4.74 Å². The fourth-order valence-electron chi connectivity index (χ4n) is 2.61. The van der Waals surface area contributed by atoms with Crippen LogP contribution in [0.4, 0.5) is 0 Å². The monoisotopic (exact) mass is 287 g/mol. The van der Waals surface area contributed by atoms with E-state index in [9.17, 15) is 0 Å². The molecular weight excluding hydrogens is 262 g/mol. The van der Waals surface area contributed by atoms with Gasteiger partial charge in [0.1, 0.15) is 5.69 Å². The van der Waals surface area contributed by atoms with Gasteiger partial charge in [0.05, 0.1) is 19.3 Å². The molecule has 0 aliphatic heterocycles. The number of ether oxygens (including phenoxy) is 1. The lowest BCUT2D eigenvalue weighted by Gasteiger charge is -2.21. The minimum absolute atomic E-state index is 0.0655. The summed E-state index contributed by atoms with van der Waals surface area (Å²) < 4.78 is 7.52. The largest absolute Gasteiger partial charge is 0.493 e. The number of methoxy groups -OCH3 is 1. The van der Waals surface area contributed by atoms with E-state index in [0.29, 0.717) is 0 Å². The highest BCUT2D eigenvalue weighted by Gasteiger charge is 2.23. The van der Waals surface area contributed by atoms with Crippen molar-refractivity contribution >= 4 is 0 Å². The maximum atomic E-state index is 5.50. The highest BCUT2D eigenvalue weighted by molar-refractivity contribution is 5.37. The van der Waals surface area contributed by atoms with Gasteiger partial charge in [-0.25, -0.2) is 0 Å². The average Bonchev–Trinajstić information content (AvgIpc) is 2.93. The van der Waals surface area contributed by atoms with Crippen LogP contribution in [0.15, 0.2) is 30.5 Å². The Morgan fingerprint density at radius 1 is 1.24 bits per heavy atom. The Hall–Kier alpha value is -1.81. The molecular formula is C17H25N3O. The lowest BCUT2D eigenvalue weighted by atomic mass is 10.0. The van der Waals surface area contributed by atoms with Gasteiger partial charge in [0, 0.05) is 6.04 Å². The Labute approximate surface area is 127 Å². The first kappa shape index (κ1) is 15.6. The molecule has 4 nitrogen and oxygen atoms in total. The van der Waals surface area contributed by atoms with Gasteiger partial charge in [0.15, 0.2) is 5.75 Å². The van der Waals surface area contributed by atoms with Crippen LogP contribution in [0.3, 0.4) is 0 Å². The van der Waals surface area contributed by atoms with Gasteiger partial charge in [0.2, 0.25) is 0 Å². The minimum Gasteiger partial charge on any atom is -0.493 e. The topological polar surface area (TPSA) is 39.1 Å². The highest BCUT2D eigenvalue weighted by atomic mass is 16.5. The first-order chi connectivity index (χ1) is 10.1. The summed E-state index contributed by atoms with van der Waals surface area (Å²) in [6, 6.07) is 9.07. The SMILES string of the molecule is CCc1ccc(C(NC)c2c(OC)cnn2C(C)C)cc1. The molecule has 1 atom stereocenters. The van der Waals surface area contributed by atoms with Crippen molar-refractivity contribution in [2.45, 2.75) is 39.3 Å². The van der Waals surface area contributed by atoms with Crippen LogP contribution in [-0.4, -0.2) is 23.9 Å². The zero-order valence-electron chi connectivity index (χ0n) is 13.6. The fourth-order valence-corrected chi connectivity index (χ4v) is 2.61. The van der Waals surface area contributed by atoms with Crippen LogP contribution < -0.4 is 10.1 Å². The molecule has 1 heterocycles. The van der Waals surface area contributed by atoms with Crippen molar-refractivity contribution in [1.29, 1.82) is 0 Å². The van der Waals surface area contributed by atoms with Crippen molar-refractivity contribution < 1.29 is 4.74 Å². The number of aromatic nitrogens is 2. The molecule has 0 fully saturated rings.